The lowest BCUT2D eigenvalue weighted by Gasteiger charge is -2.25. The lowest BCUT2D eigenvalue weighted by atomic mass is 10.0. The van der Waals surface area contributed by atoms with Crippen LogP contribution in [0.4, 0.5) is 22.2 Å². The zero-order chi connectivity index (χ0) is 26.3. The van der Waals surface area contributed by atoms with Crippen LogP contribution in [0.5, 0.6) is 0 Å². The van der Waals surface area contributed by atoms with Crippen molar-refractivity contribution in [2.75, 3.05) is 22.1 Å². The van der Waals surface area contributed by atoms with Crippen LogP contribution in [0, 0.1) is 6.92 Å². The van der Waals surface area contributed by atoms with E-state index in [2.05, 4.69) is 60.4 Å². The van der Waals surface area contributed by atoms with Crippen LogP contribution in [0.3, 0.4) is 0 Å². The van der Waals surface area contributed by atoms with Crippen LogP contribution < -0.4 is 15.5 Å². The molecule has 3 aromatic heterocycles. The summed E-state index contributed by atoms with van der Waals surface area (Å²) in [5, 5.41) is 23.7. The third-order valence-electron chi connectivity index (χ3n) is 5.77. The standard InChI is InChI=1S/C27H27N9O2/c1-3-13-36(17-19-9-5-4-6-10-19)24-16-20(28-27(37)30-25-14-18(2)33-38-25)15-23(29-24)21-11-7-8-12-22(21)26-31-34-35-32-26/h4-12,14-16H,3,13,17H2,1-2H3,(H2,28,29,30,37)(H,31,32,34,35). The molecule has 11 heteroatoms. The molecule has 38 heavy (non-hydrogen) atoms. The highest BCUT2D eigenvalue weighted by Gasteiger charge is 2.17. The van der Waals surface area contributed by atoms with Gasteiger partial charge < -0.3 is 14.7 Å². The second kappa shape index (κ2) is 11.3. The molecule has 3 N–H and O–H groups in total. The van der Waals surface area contributed by atoms with Gasteiger partial charge in [-0.2, -0.15) is 0 Å². The van der Waals surface area contributed by atoms with Crippen molar-refractivity contribution in [3.8, 4) is 22.6 Å². The van der Waals surface area contributed by atoms with Crippen molar-refractivity contribution >= 4 is 23.4 Å². The Morgan fingerprint density at radius 2 is 1.79 bits per heavy atom. The molecule has 0 saturated heterocycles. The van der Waals surface area contributed by atoms with E-state index in [4.69, 9.17) is 9.51 Å². The third-order valence-corrected chi connectivity index (χ3v) is 5.77. The Labute approximate surface area is 219 Å². The van der Waals surface area contributed by atoms with Gasteiger partial charge in [0.1, 0.15) is 5.82 Å². The Balaban J connectivity index is 1.54. The van der Waals surface area contributed by atoms with Crippen LogP contribution in [0.2, 0.25) is 0 Å². The van der Waals surface area contributed by atoms with Crippen LogP contribution in [0.1, 0.15) is 24.6 Å². The van der Waals surface area contributed by atoms with Gasteiger partial charge in [0.2, 0.25) is 5.88 Å². The predicted molar refractivity (Wildman–Crippen MR) is 145 cm³/mol. The van der Waals surface area contributed by atoms with Crippen molar-refractivity contribution in [1.29, 1.82) is 0 Å². The number of nitrogens with one attached hydrogen (secondary N) is 3. The first-order valence-electron chi connectivity index (χ1n) is 12.2. The first-order chi connectivity index (χ1) is 18.6. The Bertz CT molecular complexity index is 1500. The molecule has 0 unspecified atom stereocenters. The van der Waals surface area contributed by atoms with Gasteiger partial charge in [-0.1, -0.05) is 66.7 Å². The summed E-state index contributed by atoms with van der Waals surface area (Å²) in [6, 6.07) is 22.8. The number of benzene rings is 2. The molecule has 0 aliphatic rings. The van der Waals surface area contributed by atoms with Gasteiger partial charge in [0.05, 0.1) is 11.4 Å². The Kier molecular flexibility index (Phi) is 7.34. The van der Waals surface area contributed by atoms with Gasteiger partial charge in [-0.3, -0.25) is 5.32 Å². The summed E-state index contributed by atoms with van der Waals surface area (Å²) in [6.45, 7) is 5.36. The zero-order valence-corrected chi connectivity index (χ0v) is 21.0. The number of urea groups is 1. The van der Waals surface area contributed by atoms with E-state index in [1.807, 2.05) is 54.6 Å². The number of carbonyl (C=O) groups is 1. The van der Waals surface area contributed by atoms with Crippen molar-refractivity contribution in [2.24, 2.45) is 0 Å². The number of hydrogen-bond acceptors (Lipinski definition) is 8. The maximum atomic E-state index is 12.8. The van der Waals surface area contributed by atoms with E-state index in [0.29, 0.717) is 29.4 Å². The minimum atomic E-state index is -0.456. The topological polar surface area (TPSA) is 138 Å². The number of aromatic nitrogens is 6. The molecule has 0 spiro atoms. The number of anilines is 3. The van der Waals surface area contributed by atoms with Crippen molar-refractivity contribution in [3.05, 3.63) is 84.1 Å². The molecule has 2 aromatic carbocycles. The molecule has 5 aromatic rings. The fourth-order valence-electron chi connectivity index (χ4n) is 4.12. The third kappa shape index (κ3) is 5.84. The fourth-order valence-corrected chi connectivity index (χ4v) is 4.12. The minimum absolute atomic E-state index is 0.259. The molecule has 3 heterocycles. The number of hydrogen-bond donors (Lipinski definition) is 3. The van der Waals surface area contributed by atoms with Gasteiger partial charge in [-0.05, 0) is 35.4 Å². The smallest absolute Gasteiger partial charge is 0.326 e. The molecule has 0 atom stereocenters. The van der Waals surface area contributed by atoms with Crippen molar-refractivity contribution in [1.82, 2.24) is 30.8 Å². The quantitative estimate of drug-likeness (QED) is 0.244. The van der Waals surface area contributed by atoms with E-state index in [0.717, 1.165) is 35.5 Å². The second-order valence-electron chi connectivity index (χ2n) is 8.71. The Hall–Kier alpha value is -5.06. The molecule has 2 amide bonds. The van der Waals surface area contributed by atoms with Gasteiger partial charge in [0, 0.05) is 42.0 Å². The number of carbonyl (C=O) groups excluding carboxylic acids is 1. The zero-order valence-electron chi connectivity index (χ0n) is 21.0. The van der Waals surface area contributed by atoms with Gasteiger partial charge in [-0.25, -0.2) is 14.9 Å². The molecule has 0 aliphatic heterocycles. The number of aromatic amines is 1. The summed E-state index contributed by atoms with van der Waals surface area (Å²) in [7, 11) is 0. The minimum Gasteiger partial charge on any atom is -0.352 e. The molecule has 0 radical (unpaired) electrons. The van der Waals surface area contributed by atoms with Gasteiger partial charge in [0.25, 0.3) is 0 Å². The van der Waals surface area contributed by atoms with Crippen LogP contribution in [-0.2, 0) is 6.54 Å². The molecule has 11 nitrogen and oxygen atoms in total. The molecule has 5 rings (SSSR count). The number of nitrogens with zero attached hydrogens (tertiary/aromatic N) is 6. The molecule has 0 aliphatic carbocycles. The van der Waals surface area contributed by atoms with E-state index in [9.17, 15) is 4.79 Å². The predicted octanol–water partition coefficient (Wildman–Crippen LogP) is 5.29. The second-order valence-corrected chi connectivity index (χ2v) is 8.71. The van der Waals surface area contributed by atoms with E-state index in [-0.39, 0.29) is 5.88 Å². The number of amides is 2. The lowest BCUT2D eigenvalue weighted by molar-refractivity contribution is 0.261. The number of rotatable bonds is 9. The first kappa shape index (κ1) is 24.6. The average Bonchev–Trinajstić information content (AvgIpc) is 3.61. The maximum Gasteiger partial charge on any atom is 0.326 e. The van der Waals surface area contributed by atoms with Crippen LogP contribution >= 0.6 is 0 Å². The van der Waals surface area contributed by atoms with E-state index in [1.54, 1.807) is 13.0 Å². The number of pyridine rings is 1. The summed E-state index contributed by atoms with van der Waals surface area (Å²) in [6.07, 6.45) is 0.924. The van der Waals surface area contributed by atoms with Crippen molar-refractivity contribution in [3.63, 3.8) is 0 Å². The number of aryl methyl sites for hydroxylation is 1. The largest absolute Gasteiger partial charge is 0.352 e. The molecule has 192 valence electrons. The van der Waals surface area contributed by atoms with Gasteiger partial charge >= 0.3 is 6.03 Å². The van der Waals surface area contributed by atoms with Crippen LogP contribution in [-0.4, -0.2) is 43.3 Å². The monoisotopic (exact) mass is 509 g/mol. The molecule has 0 saturated carbocycles. The summed E-state index contributed by atoms with van der Waals surface area (Å²) in [4.78, 5) is 20.0. The van der Waals surface area contributed by atoms with Crippen molar-refractivity contribution in [2.45, 2.75) is 26.8 Å². The first-order valence-corrected chi connectivity index (χ1v) is 12.2. The van der Waals surface area contributed by atoms with Crippen molar-refractivity contribution < 1.29 is 9.32 Å². The van der Waals surface area contributed by atoms with E-state index >= 15 is 0 Å². The summed E-state index contributed by atoms with van der Waals surface area (Å²) in [5.74, 6) is 1.51. The van der Waals surface area contributed by atoms with Gasteiger partial charge in [-0.15, -0.1) is 5.10 Å². The van der Waals surface area contributed by atoms with E-state index < -0.39 is 6.03 Å². The Morgan fingerprint density at radius 3 is 2.50 bits per heavy atom. The highest BCUT2D eigenvalue weighted by atomic mass is 16.5. The number of tetrazole rings is 1. The van der Waals surface area contributed by atoms with Crippen LogP contribution in [0.25, 0.3) is 22.6 Å². The number of H-pyrrole nitrogens is 1. The summed E-state index contributed by atoms with van der Waals surface area (Å²) >= 11 is 0. The van der Waals surface area contributed by atoms with Crippen LogP contribution in [0.15, 0.2) is 77.3 Å². The average molecular weight is 510 g/mol. The molecular weight excluding hydrogens is 482 g/mol. The highest BCUT2D eigenvalue weighted by molar-refractivity contribution is 5.99. The highest BCUT2D eigenvalue weighted by Crippen LogP contribution is 2.32. The van der Waals surface area contributed by atoms with Gasteiger partial charge in [0.15, 0.2) is 5.82 Å². The fraction of sp³-hybridized carbons (Fsp3) is 0.185. The normalized spacial score (nSPS) is 10.8. The maximum absolute atomic E-state index is 12.8. The molecule has 0 fully saturated rings. The van der Waals surface area contributed by atoms with E-state index in [1.165, 1.54) is 0 Å². The molecular formula is C27H27N9O2. The molecule has 0 bridgehead atoms. The summed E-state index contributed by atoms with van der Waals surface area (Å²) < 4.78 is 5.12. The lowest BCUT2D eigenvalue weighted by Crippen LogP contribution is -2.25. The Morgan fingerprint density at radius 1 is 1.00 bits per heavy atom. The summed E-state index contributed by atoms with van der Waals surface area (Å²) in [5.41, 5.74) is 4.67. The SMILES string of the molecule is CCCN(Cc1ccccc1)c1cc(NC(=O)Nc2cc(C)no2)cc(-c2ccccc2-c2nnn[nH]2)n1.